The molecule has 0 N–H and O–H groups in total. The second kappa shape index (κ2) is 4.82. The van der Waals surface area contributed by atoms with Crippen LogP contribution in [0.4, 0.5) is 0 Å². The average molecular weight is 262 g/mol. The third-order valence-electron chi connectivity index (χ3n) is 2.73. The van der Waals surface area contributed by atoms with Gasteiger partial charge < -0.3 is 4.74 Å². The number of ether oxygens (including phenoxy) is 1. The van der Waals surface area contributed by atoms with E-state index in [1.54, 1.807) is 43.3 Å². The lowest BCUT2D eigenvalue weighted by Gasteiger charge is -2.08. The lowest BCUT2D eigenvalue weighted by Crippen LogP contribution is -2.04. The summed E-state index contributed by atoms with van der Waals surface area (Å²) in [4.78, 5) is 0.578. The summed E-state index contributed by atoms with van der Waals surface area (Å²) < 4.78 is 30.0. The molecule has 0 aliphatic carbocycles. The van der Waals surface area contributed by atoms with E-state index >= 15 is 0 Å². The van der Waals surface area contributed by atoms with Gasteiger partial charge in [-0.3, -0.25) is 0 Å². The van der Waals surface area contributed by atoms with Gasteiger partial charge >= 0.3 is 0 Å². The highest BCUT2D eigenvalue weighted by atomic mass is 32.2. The molecule has 3 nitrogen and oxygen atoms in total. The molecule has 4 heteroatoms. The summed E-state index contributed by atoms with van der Waals surface area (Å²) in [6.07, 6.45) is 0. The maximum atomic E-state index is 12.5. The molecule has 2 aromatic carbocycles. The van der Waals surface area contributed by atoms with Crippen molar-refractivity contribution in [1.82, 2.24) is 0 Å². The fourth-order valence-electron chi connectivity index (χ4n) is 1.75. The highest BCUT2D eigenvalue weighted by Crippen LogP contribution is 2.26. The number of benzene rings is 2. The van der Waals surface area contributed by atoms with Crippen LogP contribution in [0, 0.1) is 6.92 Å². The van der Waals surface area contributed by atoms with Gasteiger partial charge in [-0.15, -0.1) is 0 Å². The molecule has 2 rings (SSSR count). The molecular weight excluding hydrogens is 248 g/mol. The van der Waals surface area contributed by atoms with Crippen LogP contribution in [0.15, 0.2) is 58.3 Å². The van der Waals surface area contributed by atoms with Crippen molar-refractivity contribution in [3.8, 4) is 5.75 Å². The predicted molar refractivity (Wildman–Crippen MR) is 69.6 cm³/mol. The molecule has 0 heterocycles. The smallest absolute Gasteiger partial charge is 0.206 e. The first kappa shape index (κ1) is 12.6. The Morgan fingerprint density at radius 2 is 1.72 bits per heavy atom. The Morgan fingerprint density at radius 1 is 1.00 bits per heavy atom. The molecule has 0 aliphatic heterocycles. The molecule has 0 unspecified atom stereocenters. The Hall–Kier alpha value is -1.81. The van der Waals surface area contributed by atoms with E-state index in [-0.39, 0.29) is 4.90 Å². The minimum atomic E-state index is -3.48. The van der Waals surface area contributed by atoms with Gasteiger partial charge in [-0.1, -0.05) is 24.3 Å². The van der Waals surface area contributed by atoms with Gasteiger partial charge in [0.15, 0.2) is 0 Å². The maximum Gasteiger partial charge on any atom is 0.206 e. The monoisotopic (exact) mass is 262 g/mol. The van der Waals surface area contributed by atoms with Crippen LogP contribution < -0.4 is 4.74 Å². The Balaban J connectivity index is 2.58. The molecule has 0 spiro atoms. The zero-order valence-electron chi connectivity index (χ0n) is 10.3. The lowest BCUT2D eigenvalue weighted by atomic mass is 10.2. The van der Waals surface area contributed by atoms with Crippen LogP contribution in [0.2, 0.25) is 0 Å². The lowest BCUT2D eigenvalue weighted by molar-refractivity contribution is 0.413. The molecule has 0 atom stereocenters. The summed E-state index contributed by atoms with van der Waals surface area (Å²) in [6, 6.07) is 13.4. The van der Waals surface area contributed by atoms with Crippen molar-refractivity contribution >= 4 is 9.84 Å². The number of sulfone groups is 1. The second-order valence-electron chi connectivity index (χ2n) is 3.95. The Labute approximate surface area is 107 Å². The van der Waals surface area contributed by atoms with Crippen molar-refractivity contribution in [2.24, 2.45) is 0 Å². The first-order valence-electron chi connectivity index (χ1n) is 5.50. The normalized spacial score (nSPS) is 11.2. The van der Waals surface area contributed by atoms with Gasteiger partial charge in [-0.05, 0) is 36.8 Å². The number of methoxy groups -OCH3 is 1. The van der Waals surface area contributed by atoms with E-state index in [9.17, 15) is 8.42 Å². The summed E-state index contributed by atoms with van der Waals surface area (Å²) in [6.45, 7) is 1.78. The van der Waals surface area contributed by atoms with Gasteiger partial charge in [0.2, 0.25) is 9.84 Å². The predicted octanol–water partition coefficient (Wildman–Crippen LogP) is 2.84. The van der Waals surface area contributed by atoms with Gasteiger partial charge in [0.25, 0.3) is 0 Å². The summed E-state index contributed by atoms with van der Waals surface area (Å²) in [7, 11) is -1.97. The molecule has 94 valence electrons. The Bertz CT molecular complexity index is 660. The zero-order chi connectivity index (χ0) is 13.2. The molecule has 0 saturated heterocycles. The van der Waals surface area contributed by atoms with Gasteiger partial charge in [0, 0.05) is 0 Å². The fourth-order valence-corrected chi connectivity index (χ4v) is 3.29. The molecular formula is C14H14O3S. The average Bonchev–Trinajstić information content (AvgIpc) is 2.39. The molecule has 0 radical (unpaired) electrons. The van der Waals surface area contributed by atoms with E-state index in [1.165, 1.54) is 13.2 Å². The molecule has 0 saturated carbocycles. The number of hydrogen-bond donors (Lipinski definition) is 0. The van der Waals surface area contributed by atoms with E-state index in [4.69, 9.17) is 4.74 Å². The zero-order valence-corrected chi connectivity index (χ0v) is 11.1. The molecule has 2 aromatic rings. The van der Waals surface area contributed by atoms with Crippen molar-refractivity contribution in [2.75, 3.05) is 7.11 Å². The third kappa shape index (κ3) is 2.24. The molecule has 0 aromatic heterocycles. The van der Waals surface area contributed by atoms with E-state index in [0.717, 1.165) is 5.56 Å². The van der Waals surface area contributed by atoms with Crippen LogP contribution in [-0.2, 0) is 9.84 Å². The highest BCUT2D eigenvalue weighted by molar-refractivity contribution is 7.91. The third-order valence-corrected chi connectivity index (χ3v) is 4.65. The first-order chi connectivity index (χ1) is 8.55. The summed E-state index contributed by atoms with van der Waals surface area (Å²) in [5.74, 6) is 0.532. The Morgan fingerprint density at radius 3 is 2.39 bits per heavy atom. The standard InChI is InChI=1S/C14H14O3S/c1-11-6-3-4-9-14(11)18(15,16)13-8-5-7-12(10-13)17-2/h3-10H,1-2H3. The second-order valence-corrected chi connectivity index (χ2v) is 5.87. The summed E-state index contributed by atoms with van der Waals surface area (Å²) >= 11 is 0. The van der Waals surface area contributed by atoms with Crippen molar-refractivity contribution < 1.29 is 13.2 Å². The van der Waals surface area contributed by atoms with E-state index in [0.29, 0.717) is 10.6 Å². The minimum Gasteiger partial charge on any atom is -0.497 e. The molecule has 0 bridgehead atoms. The first-order valence-corrected chi connectivity index (χ1v) is 6.99. The van der Waals surface area contributed by atoms with Crippen LogP contribution in [0.1, 0.15) is 5.56 Å². The van der Waals surface area contributed by atoms with Gasteiger partial charge in [-0.25, -0.2) is 8.42 Å². The van der Waals surface area contributed by atoms with E-state index < -0.39 is 9.84 Å². The number of aryl methyl sites for hydroxylation is 1. The molecule has 0 aliphatic rings. The van der Waals surface area contributed by atoms with Crippen molar-refractivity contribution in [3.05, 3.63) is 54.1 Å². The van der Waals surface area contributed by atoms with E-state index in [2.05, 4.69) is 0 Å². The fraction of sp³-hybridized carbons (Fsp3) is 0.143. The van der Waals surface area contributed by atoms with Crippen LogP contribution in [-0.4, -0.2) is 15.5 Å². The molecule has 18 heavy (non-hydrogen) atoms. The summed E-state index contributed by atoms with van der Waals surface area (Å²) in [5.41, 5.74) is 0.736. The van der Waals surface area contributed by atoms with Crippen molar-refractivity contribution in [1.29, 1.82) is 0 Å². The van der Waals surface area contributed by atoms with E-state index in [1.807, 2.05) is 6.07 Å². The van der Waals surface area contributed by atoms with Gasteiger partial charge in [0.05, 0.1) is 16.9 Å². The van der Waals surface area contributed by atoms with Crippen LogP contribution in [0.5, 0.6) is 5.75 Å². The summed E-state index contributed by atoms with van der Waals surface area (Å²) in [5, 5.41) is 0. The number of rotatable bonds is 3. The Kier molecular flexibility index (Phi) is 3.39. The van der Waals surface area contributed by atoms with Crippen LogP contribution in [0.25, 0.3) is 0 Å². The highest BCUT2D eigenvalue weighted by Gasteiger charge is 2.19. The minimum absolute atomic E-state index is 0.246. The van der Waals surface area contributed by atoms with Crippen molar-refractivity contribution in [2.45, 2.75) is 16.7 Å². The van der Waals surface area contributed by atoms with Crippen molar-refractivity contribution in [3.63, 3.8) is 0 Å². The topological polar surface area (TPSA) is 43.4 Å². The quantitative estimate of drug-likeness (QED) is 0.854. The SMILES string of the molecule is COc1cccc(S(=O)(=O)c2ccccc2C)c1. The van der Waals surface area contributed by atoms with Crippen LogP contribution >= 0.6 is 0 Å². The molecule has 0 fully saturated rings. The van der Waals surface area contributed by atoms with Gasteiger partial charge in [0.1, 0.15) is 5.75 Å². The number of hydrogen-bond acceptors (Lipinski definition) is 3. The molecule has 0 amide bonds. The van der Waals surface area contributed by atoms with Gasteiger partial charge in [-0.2, -0.15) is 0 Å². The largest absolute Gasteiger partial charge is 0.497 e. The maximum absolute atomic E-state index is 12.5. The van der Waals surface area contributed by atoms with Crippen LogP contribution in [0.3, 0.4) is 0 Å².